The fraction of sp³-hybridized carbons (Fsp3) is 0.667. The zero-order valence-corrected chi connectivity index (χ0v) is 18.3. The second-order valence-corrected chi connectivity index (χ2v) is 8.92. The van der Waals surface area contributed by atoms with Crippen LogP contribution in [-0.4, -0.2) is 18.2 Å². The summed E-state index contributed by atoms with van der Waals surface area (Å²) >= 11 is 3.52. The number of hydrogen-bond acceptors (Lipinski definition) is 3. The van der Waals surface area contributed by atoms with Gasteiger partial charge in [0.25, 0.3) is 0 Å². The van der Waals surface area contributed by atoms with E-state index in [1.807, 2.05) is 52.8 Å². The Bertz CT molecular complexity index is 561. The number of alkyl halides is 1. The molecule has 1 aliphatic rings. The zero-order valence-electron chi connectivity index (χ0n) is 16.7. The summed E-state index contributed by atoms with van der Waals surface area (Å²) in [5.41, 5.74) is 1.77. The molecule has 1 aliphatic heterocycles. The maximum atomic E-state index is 12.4. The number of esters is 1. The van der Waals surface area contributed by atoms with Crippen LogP contribution >= 0.6 is 15.9 Å². The number of carbonyl (C=O) groups is 1. The van der Waals surface area contributed by atoms with Crippen LogP contribution in [0.15, 0.2) is 24.3 Å². The second kappa shape index (κ2) is 9.18. The van der Waals surface area contributed by atoms with Crippen LogP contribution in [0.5, 0.6) is 0 Å². The van der Waals surface area contributed by atoms with Crippen molar-refractivity contribution in [2.24, 2.45) is 5.41 Å². The summed E-state index contributed by atoms with van der Waals surface area (Å²) in [6, 6.07) is 7.98. The zero-order chi connectivity index (χ0) is 19.3. The van der Waals surface area contributed by atoms with Crippen molar-refractivity contribution in [3.8, 4) is 0 Å². The Hall–Kier alpha value is -0.870. The molecule has 0 spiro atoms. The van der Waals surface area contributed by atoms with Gasteiger partial charge in [-0.05, 0) is 50.2 Å². The second-order valence-electron chi connectivity index (χ2n) is 8.00. The van der Waals surface area contributed by atoms with Crippen LogP contribution in [0.2, 0.25) is 0 Å². The number of ether oxygens (including phenoxy) is 2. The highest BCUT2D eigenvalue weighted by atomic mass is 79.9. The van der Waals surface area contributed by atoms with Gasteiger partial charge in [0, 0.05) is 6.61 Å². The smallest absolute Gasteiger partial charge is 0.324 e. The molecule has 2 rings (SSSR count). The normalized spacial score (nSPS) is 20.9. The molecule has 4 heteroatoms. The molecule has 1 heterocycles. The molecular weight excluding hydrogens is 380 g/mol. The van der Waals surface area contributed by atoms with Crippen molar-refractivity contribution in [3.63, 3.8) is 0 Å². The molecule has 3 nitrogen and oxygen atoms in total. The first-order valence-corrected chi connectivity index (χ1v) is 10.1. The van der Waals surface area contributed by atoms with Crippen molar-refractivity contribution in [1.29, 1.82) is 0 Å². The monoisotopic (exact) mass is 412 g/mol. The third-order valence-corrected chi connectivity index (χ3v) is 4.93. The third-order valence-electron chi connectivity index (χ3n) is 4.07. The minimum absolute atomic E-state index is 0.0254. The van der Waals surface area contributed by atoms with E-state index >= 15 is 0 Å². The van der Waals surface area contributed by atoms with Crippen molar-refractivity contribution in [1.82, 2.24) is 0 Å². The molecule has 0 amide bonds. The molecule has 0 N–H and O–H groups in total. The van der Waals surface area contributed by atoms with Crippen LogP contribution < -0.4 is 0 Å². The summed E-state index contributed by atoms with van der Waals surface area (Å²) in [5.74, 6) is -0.264. The standard InChI is InChI=1S/C19H27BrO3.C2H6/c1-18(2,3)23-17(21)16(20)14-9-7-6-8-13(14)15-12-19(4,5)10-11-22-15;1-2/h6-9,15-16H,10-12H2,1-5H3;1-2H3. The lowest BCUT2D eigenvalue weighted by atomic mass is 9.79. The van der Waals surface area contributed by atoms with Crippen molar-refractivity contribution < 1.29 is 14.3 Å². The van der Waals surface area contributed by atoms with Gasteiger partial charge in [0.2, 0.25) is 0 Å². The maximum Gasteiger partial charge on any atom is 0.324 e. The minimum Gasteiger partial charge on any atom is -0.459 e. The van der Waals surface area contributed by atoms with Crippen molar-refractivity contribution >= 4 is 21.9 Å². The minimum atomic E-state index is -0.499. The lowest BCUT2D eigenvalue weighted by Gasteiger charge is -2.36. The number of halogens is 1. The molecule has 1 aromatic rings. The van der Waals surface area contributed by atoms with E-state index in [1.54, 1.807) is 0 Å². The molecule has 1 aromatic carbocycles. The average Bonchev–Trinajstić information content (AvgIpc) is 2.53. The molecule has 2 atom stereocenters. The highest BCUT2D eigenvalue weighted by Gasteiger charge is 2.33. The van der Waals surface area contributed by atoms with Crippen LogP contribution in [0.3, 0.4) is 0 Å². The Labute approximate surface area is 161 Å². The Morgan fingerprint density at radius 3 is 2.44 bits per heavy atom. The van der Waals surface area contributed by atoms with E-state index in [0.717, 1.165) is 30.6 Å². The van der Waals surface area contributed by atoms with E-state index in [0.29, 0.717) is 0 Å². The van der Waals surface area contributed by atoms with Gasteiger partial charge >= 0.3 is 5.97 Å². The first-order valence-electron chi connectivity index (χ1n) is 9.16. The molecule has 1 saturated heterocycles. The highest BCUT2D eigenvalue weighted by molar-refractivity contribution is 9.09. The number of benzene rings is 1. The van der Waals surface area contributed by atoms with Crippen LogP contribution in [0.25, 0.3) is 0 Å². The van der Waals surface area contributed by atoms with Crippen molar-refractivity contribution in [3.05, 3.63) is 35.4 Å². The van der Waals surface area contributed by atoms with Gasteiger partial charge in [-0.15, -0.1) is 0 Å². The topological polar surface area (TPSA) is 35.5 Å². The number of carbonyl (C=O) groups excluding carboxylic acids is 1. The van der Waals surface area contributed by atoms with E-state index in [4.69, 9.17) is 9.47 Å². The van der Waals surface area contributed by atoms with Gasteiger partial charge in [-0.3, -0.25) is 4.79 Å². The first kappa shape index (κ1) is 22.2. The van der Waals surface area contributed by atoms with Crippen LogP contribution in [0.1, 0.15) is 83.4 Å². The maximum absolute atomic E-state index is 12.4. The molecule has 1 fully saturated rings. The van der Waals surface area contributed by atoms with Crippen LogP contribution in [0.4, 0.5) is 0 Å². The summed E-state index contributed by atoms with van der Waals surface area (Å²) in [6.45, 7) is 14.9. The Kier molecular flexibility index (Phi) is 8.14. The van der Waals surface area contributed by atoms with E-state index in [1.165, 1.54) is 0 Å². The Morgan fingerprint density at radius 1 is 1.28 bits per heavy atom. The fourth-order valence-corrected chi connectivity index (χ4v) is 3.37. The molecule has 0 bridgehead atoms. The SMILES string of the molecule is CC.CC1(C)CCOC(c2ccccc2C(Br)C(=O)OC(C)(C)C)C1. The third kappa shape index (κ3) is 6.74. The molecule has 142 valence electrons. The lowest BCUT2D eigenvalue weighted by molar-refractivity contribution is -0.154. The first-order chi connectivity index (χ1) is 11.6. The van der Waals surface area contributed by atoms with E-state index in [9.17, 15) is 4.79 Å². The number of rotatable bonds is 3. The summed E-state index contributed by atoms with van der Waals surface area (Å²) in [7, 11) is 0. The van der Waals surface area contributed by atoms with Crippen molar-refractivity contribution in [2.75, 3.05) is 6.61 Å². The van der Waals surface area contributed by atoms with Gasteiger partial charge in [0.05, 0.1) is 6.10 Å². The van der Waals surface area contributed by atoms with Gasteiger partial charge in [0.1, 0.15) is 10.4 Å². The molecule has 2 unspecified atom stereocenters. The predicted molar refractivity (Wildman–Crippen MR) is 107 cm³/mol. The molecule has 0 saturated carbocycles. The quantitative estimate of drug-likeness (QED) is 0.427. The molecule has 0 radical (unpaired) electrons. The molecular formula is C21H33BrO3. The van der Waals surface area contributed by atoms with Crippen molar-refractivity contribution in [2.45, 2.75) is 77.8 Å². The average molecular weight is 413 g/mol. The van der Waals surface area contributed by atoms with E-state index < -0.39 is 10.4 Å². The van der Waals surface area contributed by atoms with Gasteiger partial charge in [0.15, 0.2) is 0 Å². The fourth-order valence-electron chi connectivity index (χ4n) is 2.86. The molecule has 0 aromatic heterocycles. The van der Waals surface area contributed by atoms with E-state index in [-0.39, 0.29) is 17.5 Å². The number of hydrogen-bond donors (Lipinski definition) is 0. The Balaban J connectivity index is 0.00000151. The van der Waals surface area contributed by atoms with Crippen LogP contribution in [0, 0.1) is 5.41 Å². The summed E-state index contributed by atoms with van der Waals surface area (Å²) in [4.78, 5) is 11.9. The summed E-state index contributed by atoms with van der Waals surface area (Å²) in [6.07, 6.45) is 2.05. The predicted octanol–water partition coefficient (Wildman–Crippen LogP) is 6.37. The highest BCUT2D eigenvalue weighted by Crippen LogP contribution is 2.42. The van der Waals surface area contributed by atoms with Gasteiger partial charge in [-0.25, -0.2) is 0 Å². The summed E-state index contributed by atoms with van der Waals surface area (Å²) < 4.78 is 11.5. The van der Waals surface area contributed by atoms with Gasteiger partial charge in [-0.1, -0.05) is 67.9 Å². The lowest BCUT2D eigenvalue weighted by Crippen LogP contribution is -2.28. The van der Waals surface area contributed by atoms with Gasteiger partial charge < -0.3 is 9.47 Å². The molecule has 25 heavy (non-hydrogen) atoms. The Morgan fingerprint density at radius 2 is 1.88 bits per heavy atom. The largest absolute Gasteiger partial charge is 0.459 e. The van der Waals surface area contributed by atoms with Crippen LogP contribution in [-0.2, 0) is 14.3 Å². The van der Waals surface area contributed by atoms with E-state index in [2.05, 4.69) is 35.8 Å². The molecule has 0 aliphatic carbocycles. The summed E-state index contributed by atoms with van der Waals surface area (Å²) in [5, 5.41) is 0. The van der Waals surface area contributed by atoms with Gasteiger partial charge in [-0.2, -0.15) is 0 Å².